The molecule has 1 rings (SSSR count). The monoisotopic (exact) mass is 358 g/mol. The molecule has 0 aliphatic carbocycles. The van der Waals surface area contributed by atoms with Gasteiger partial charge in [0.05, 0.1) is 14.2 Å². The summed E-state index contributed by atoms with van der Waals surface area (Å²) in [6.07, 6.45) is 0. The number of amides is 3. The molecule has 0 radical (unpaired) electrons. The van der Waals surface area contributed by atoms with Crippen LogP contribution in [-0.2, 0) is 11.3 Å². The third-order valence-corrected chi connectivity index (χ3v) is 3.28. The van der Waals surface area contributed by atoms with Gasteiger partial charge < -0.3 is 15.0 Å². The Morgan fingerprint density at radius 3 is 2.71 bits per heavy atom. The van der Waals surface area contributed by atoms with Crippen LogP contribution in [0.1, 0.15) is 12.5 Å². The fraction of sp³-hybridized carbons (Fsp3) is 0.429. The lowest BCUT2D eigenvalue weighted by molar-refractivity contribution is -0.885. The molecule has 0 aliphatic rings. The molecule has 3 amide bonds. The Morgan fingerprint density at radius 1 is 1.38 bits per heavy atom. The number of ether oxygens (including phenoxy) is 1. The molecule has 1 aromatic rings. The van der Waals surface area contributed by atoms with Crippen molar-refractivity contribution in [1.29, 1.82) is 0 Å². The fourth-order valence-electron chi connectivity index (χ4n) is 1.92. The van der Waals surface area contributed by atoms with Gasteiger partial charge in [0.2, 0.25) is 0 Å². The normalized spacial score (nSPS) is 11.6. The second kappa shape index (κ2) is 8.63. The Labute approximate surface area is 133 Å². The molecule has 0 bridgehead atoms. The smallest absolute Gasteiger partial charge is 0.321 e. The molecule has 0 heterocycles. The number of carbonyl (C=O) groups excluding carboxylic acids is 2. The summed E-state index contributed by atoms with van der Waals surface area (Å²) >= 11 is 3.42. The minimum Gasteiger partial charge on any atom is -0.496 e. The van der Waals surface area contributed by atoms with Crippen LogP contribution < -0.4 is 20.3 Å². The number of rotatable bonds is 6. The van der Waals surface area contributed by atoms with Crippen LogP contribution in [0.4, 0.5) is 4.79 Å². The van der Waals surface area contributed by atoms with Gasteiger partial charge >= 0.3 is 6.03 Å². The van der Waals surface area contributed by atoms with Crippen molar-refractivity contribution in [3.8, 4) is 5.75 Å². The third-order valence-electron chi connectivity index (χ3n) is 2.79. The predicted octanol–water partition coefficient (Wildman–Crippen LogP) is 0.318. The van der Waals surface area contributed by atoms with E-state index in [1.165, 1.54) is 0 Å². The Kier molecular flexibility index (Phi) is 7.18. The molecule has 1 aromatic carbocycles. The number of quaternary nitrogens is 1. The molecule has 0 aliphatic heterocycles. The molecule has 0 saturated heterocycles. The van der Waals surface area contributed by atoms with Crippen molar-refractivity contribution in [3.05, 3.63) is 28.2 Å². The van der Waals surface area contributed by atoms with Crippen molar-refractivity contribution in [2.75, 3.05) is 27.2 Å². The first-order chi connectivity index (χ1) is 9.96. The van der Waals surface area contributed by atoms with E-state index < -0.39 is 6.03 Å². The average Bonchev–Trinajstić information content (AvgIpc) is 2.38. The van der Waals surface area contributed by atoms with E-state index in [1.54, 1.807) is 14.0 Å². The van der Waals surface area contributed by atoms with Gasteiger partial charge in [-0.25, -0.2) is 4.79 Å². The van der Waals surface area contributed by atoms with Crippen LogP contribution in [0, 0.1) is 0 Å². The van der Waals surface area contributed by atoms with Gasteiger partial charge in [-0.2, -0.15) is 0 Å². The summed E-state index contributed by atoms with van der Waals surface area (Å²) in [5.41, 5.74) is 0.996. The molecule has 1 unspecified atom stereocenters. The van der Waals surface area contributed by atoms with E-state index in [4.69, 9.17) is 4.74 Å². The van der Waals surface area contributed by atoms with E-state index in [-0.39, 0.29) is 12.5 Å². The highest BCUT2D eigenvalue weighted by Crippen LogP contribution is 2.21. The van der Waals surface area contributed by atoms with Gasteiger partial charge in [0.1, 0.15) is 12.3 Å². The molecule has 0 fully saturated rings. The fourth-order valence-corrected chi connectivity index (χ4v) is 2.33. The van der Waals surface area contributed by atoms with E-state index >= 15 is 0 Å². The van der Waals surface area contributed by atoms with Crippen LogP contribution in [-0.4, -0.2) is 39.2 Å². The molecule has 0 aromatic heterocycles. The van der Waals surface area contributed by atoms with Gasteiger partial charge in [0.15, 0.2) is 6.54 Å². The standard InChI is InChI=1S/C14H20BrN3O3/c1-4-16-14(20)17-13(19)9-18(2)8-10-7-11(15)5-6-12(10)21-3/h5-7H,4,8-9H2,1-3H3,(H2,16,17,19,20)/p+1. The molecular weight excluding hydrogens is 338 g/mol. The summed E-state index contributed by atoms with van der Waals surface area (Å²) < 4.78 is 6.26. The zero-order valence-electron chi connectivity index (χ0n) is 12.5. The van der Waals surface area contributed by atoms with E-state index in [9.17, 15) is 9.59 Å². The van der Waals surface area contributed by atoms with Gasteiger partial charge in [-0.1, -0.05) is 15.9 Å². The first-order valence-electron chi connectivity index (χ1n) is 6.67. The largest absolute Gasteiger partial charge is 0.496 e. The molecular formula is C14H21BrN3O3+. The number of imide groups is 1. The predicted molar refractivity (Wildman–Crippen MR) is 83.4 cm³/mol. The van der Waals surface area contributed by atoms with E-state index in [1.807, 2.05) is 25.2 Å². The summed E-state index contributed by atoms with van der Waals surface area (Å²) in [6, 6.07) is 5.28. The topological polar surface area (TPSA) is 71.9 Å². The quantitative estimate of drug-likeness (QED) is 0.685. The molecule has 3 N–H and O–H groups in total. The number of carbonyl (C=O) groups is 2. The van der Waals surface area contributed by atoms with Crippen LogP contribution >= 0.6 is 15.9 Å². The number of methoxy groups -OCH3 is 1. The van der Waals surface area contributed by atoms with Crippen molar-refractivity contribution >= 4 is 27.9 Å². The second-order valence-electron chi connectivity index (χ2n) is 4.67. The maximum atomic E-state index is 11.7. The highest BCUT2D eigenvalue weighted by atomic mass is 79.9. The lowest BCUT2D eigenvalue weighted by Crippen LogP contribution is -3.09. The lowest BCUT2D eigenvalue weighted by Gasteiger charge is -2.15. The van der Waals surface area contributed by atoms with E-state index in [0.717, 1.165) is 20.7 Å². The van der Waals surface area contributed by atoms with Gasteiger partial charge in [0.25, 0.3) is 5.91 Å². The van der Waals surface area contributed by atoms with Crippen LogP contribution in [0.5, 0.6) is 5.75 Å². The molecule has 0 saturated carbocycles. The summed E-state index contributed by atoms with van der Waals surface area (Å²) in [7, 11) is 3.50. The first kappa shape index (κ1) is 17.5. The second-order valence-corrected chi connectivity index (χ2v) is 5.59. The van der Waals surface area contributed by atoms with Crippen molar-refractivity contribution in [2.45, 2.75) is 13.5 Å². The molecule has 7 heteroatoms. The van der Waals surface area contributed by atoms with Crippen LogP contribution in [0.25, 0.3) is 0 Å². The molecule has 116 valence electrons. The van der Waals surface area contributed by atoms with Gasteiger partial charge in [-0.3, -0.25) is 10.1 Å². The Bertz CT molecular complexity index is 508. The van der Waals surface area contributed by atoms with Crippen molar-refractivity contribution < 1.29 is 19.2 Å². The first-order valence-corrected chi connectivity index (χ1v) is 7.47. The summed E-state index contributed by atoms with van der Waals surface area (Å²) in [6.45, 7) is 3.09. The van der Waals surface area contributed by atoms with Crippen LogP contribution in [0.15, 0.2) is 22.7 Å². The Balaban J connectivity index is 2.57. The van der Waals surface area contributed by atoms with E-state index in [0.29, 0.717) is 13.1 Å². The van der Waals surface area contributed by atoms with Gasteiger partial charge in [0, 0.05) is 16.6 Å². The highest BCUT2D eigenvalue weighted by Gasteiger charge is 2.15. The number of benzene rings is 1. The Morgan fingerprint density at radius 2 is 2.10 bits per heavy atom. The van der Waals surface area contributed by atoms with Crippen LogP contribution in [0.2, 0.25) is 0 Å². The third kappa shape index (κ3) is 6.14. The number of hydrogen-bond acceptors (Lipinski definition) is 3. The molecule has 21 heavy (non-hydrogen) atoms. The Hall–Kier alpha value is -1.60. The lowest BCUT2D eigenvalue weighted by atomic mass is 10.2. The van der Waals surface area contributed by atoms with Crippen molar-refractivity contribution in [2.24, 2.45) is 0 Å². The SMILES string of the molecule is CCNC(=O)NC(=O)C[NH+](C)Cc1cc(Br)ccc1OC. The molecule has 1 atom stereocenters. The zero-order valence-corrected chi connectivity index (χ0v) is 14.0. The molecule has 6 nitrogen and oxygen atoms in total. The van der Waals surface area contributed by atoms with Crippen LogP contribution in [0.3, 0.4) is 0 Å². The average molecular weight is 359 g/mol. The molecule has 0 spiro atoms. The van der Waals surface area contributed by atoms with Crippen molar-refractivity contribution in [1.82, 2.24) is 10.6 Å². The van der Waals surface area contributed by atoms with Gasteiger partial charge in [-0.05, 0) is 25.1 Å². The number of hydrogen-bond donors (Lipinski definition) is 3. The minimum absolute atomic E-state index is 0.201. The summed E-state index contributed by atoms with van der Waals surface area (Å²) in [4.78, 5) is 23.9. The highest BCUT2D eigenvalue weighted by molar-refractivity contribution is 9.10. The number of nitrogens with one attached hydrogen (secondary N) is 3. The maximum absolute atomic E-state index is 11.7. The maximum Gasteiger partial charge on any atom is 0.321 e. The summed E-state index contributed by atoms with van der Waals surface area (Å²) in [5.74, 6) is 0.467. The summed E-state index contributed by atoms with van der Waals surface area (Å²) in [5, 5.41) is 4.81. The minimum atomic E-state index is -0.463. The number of likely N-dealkylation sites (N-methyl/N-ethyl adjacent to an activating group) is 1. The van der Waals surface area contributed by atoms with E-state index in [2.05, 4.69) is 26.6 Å². The number of urea groups is 1. The van der Waals surface area contributed by atoms with Gasteiger partial charge in [-0.15, -0.1) is 0 Å². The zero-order chi connectivity index (χ0) is 15.8. The number of halogens is 1. The van der Waals surface area contributed by atoms with Crippen molar-refractivity contribution in [3.63, 3.8) is 0 Å².